The number of hydrogen-bond acceptors (Lipinski definition) is 3. The van der Waals surface area contributed by atoms with Crippen LogP contribution in [0.2, 0.25) is 0 Å². The van der Waals surface area contributed by atoms with Gasteiger partial charge >= 0.3 is 0 Å². The third-order valence-electron chi connectivity index (χ3n) is 4.14. The number of amides is 1. The fourth-order valence-corrected chi connectivity index (χ4v) is 3.04. The van der Waals surface area contributed by atoms with E-state index in [4.69, 9.17) is 4.74 Å². The Hall–Kier alpha value is -1.53. The van der Waals surface area contributed by atoms with E-state index in [1.54, 1.807) is 4.90 Å². The number of nitrogens with zero attached hydrogens (tertiary/aromatic N) is 1. The van der Waals surface area contributed by atoms with Crippen LogP contribution >= 0.6 is 0 Å². The van der Waals surface area contributed by atoms with Gasteiger partial charge in [-0.15, -0.1) is 0 Å². The molecule has 0 aromatic heterocycles. The molecule has 21 heavy (non-hydrogen) atoms. The molecule has 2 aliphatic heterocycles. The highest BCUT2D eigenvalue weighted by atomic mass is 19.1. The average Bonchev–Trinajstić information content (AvgIpc) is 2.99. The Balaban J connectivity index is 1.85. The van der Waals surface area contributed by atoms with Crippen LogP contribution in [0.3, 0.4) is 0 Å². The van der Waals surface area contributed by atoms with Crippen LogP contribution in [0.4, 0.5) is 8.78 Å². The predicted molar refractivity (Wildman–Crippen MR) is 72.4 cm³/mol. The van der Waals surface area contributed by atoms with Crippen LogP contribution in [0.25, 0.3) is 0 Å². The molecule has 6 heteroatoms. The number of ether oxygens (including phenoxy) is 1. The summed E-state index contributed by atoms with van der Waals surface area (Å²) >= 11 is 0. The molecule has 1 aromatic carbocycles. The summed E-state index contributed by atoms with van der Waals surface area (Å²) in [6, 6.07) is 3.42. The maximum atomic E-state index is 14.0. The van der Waals surface area contributed by atoms with Crippen molar-refractivity contribution >= 4 is 5.91 Å². The first-order chi connectivity index (χ1) is 9.98. The maximum Gasteiger partial charge on any atom is 0.238 e. The maximum absolute atomic E-state index is 14.0. The molecule has 2 unspecified atom stereocenters. The van der Waals surface area contributed by atoms with Gasteiger partial charge in [0.25, 0.3) is 0 Å². The summed E-state index contributed by atoms with van der Waals surface area (Å²) in [6.07, 6.45) is 1.26. The number of benzene rings is 1. The van der Waals surface area contributed by atoms with Crippen molar-refractivity contribution in [2.45, 2.75) is 31.5 Å². The van der Waals surface area contributed by atoms with E-state index in [1.165, 1.54) is 12.1 Å². The summed E-state index contributed by atoms with van der Waals surface area (Å²) in [5, 5.41) is 2.98. The van der Waals surface area contributed by atoms with Gasteiger partial charge in [0.15, 0.2) is 0 Å². The van der Waals surface area contributed by atoms with E-state index in [-0.39, 0.29) is 18.0 Å². The summed E-state index contributed by atoms with van der Waals surface area (Å²) in [5.74, 6) is -1.37. The normalized spacial score (nSPS) is 29.4. The minimum absolute atomic E-state index is 0.0968. The molecule has 2 saturated heterocycles. The predicted octanol–water partition coefficient (Wildman–Crippen LogP) is 1.96. The van der Waals surface area contributed by atoms with E-state index in [0.29, 0.717) is 13.2 Å². The molecule has 0 aliphatic carbocycles. The van der Waals surface area contributed by atoms with Gasteiger partial charge in [-0.1, -0.05) is 0 Å². The lowest BCUT2D eigenvalue weighted by atomic mass is 10.0. The Labute approximate surface area is 122 Å². The topological polar surface area (TPSA) is 41.6 Å². The lowest BCUT2D eigenvalue weighted by Crippen LogP contribution is -2.43. The Morgan fingerprint density at radius 2 is 2.29 bits per heavy atom. The first-order valence-corrected chi connectivity index (χ1v) is 7.10. The minimum Gasteiger partial charge on any atom is -0.373 e. The molecule has 0 saturated carbocycles. The van der Waals surface area contributed by atoms with Gasteiger partial charge in [0.05, 0.1) is 18.7 Å². The Morgan fingerprint density at radius 3 is 2.95 bits per heavy atom. The third kappa shape index (κ3) is 2.78. The Morgan fingerprint density at radius 1 is 1.48 bits per heavy atom. The average molecular weight is 296 g/mol. The Kier molecular flexibility index (Phi) is 3.67. The first kappa shape index (κ1) is 14.4. The standard InChI is InChI=1S/C15H18F2N2O2/c1-15(5-2-6-21-15)9-19-13(20)8-18-14(19)11-4-3-10(16)7-12(11)17/h3-4,7,14,18H,2,5-6,8-9H2,1H3. The molecule has 2 heterocycles. The van der Waals surface area contributed by atoms with Crippen LogP contribution < -0.4 is 5.32 Å². The number of halogens is 2. The molecular weight excluding hydrogens is 278 g/mol. The second-order valence-electron chi connectivity index (χ2n) is 5.87. The molecule has 0 bridgehead atoms. The van der Waals surface area contributed by atoms with Gasteiger partial charge < -0.3 is 9.64 Å². The molecule has 1 amide bonds. The highest BCUT2D eigenvalue weighted by Gasteiger charge is 2.40. The molecule has 114 valence electrons. The van der Waals surface area contributed by atoms with Gasteiger partial charge in [-0.05, 0) is 31.9 Å². The number of rotatable bonds is 3. The van der Waals surface area contributed by atoms with E-state index >= 15 is 0 Å². The zero-order valence-corrected chi connectivity index (χ0v) is 11.9. The monoisotopic (exact) mass is 296 g/mol. The molecule has 2 fully saturated rings. The van der Waals surface area contributed by atoms with E-state index in [2.05, 4.69) is 5.32 Å². The zero-order chi connectivity index (χ0) is 15.0. The van der Waals surface area contributed by atoms with Gasteiger partial charge in [-0.3, -0.25) is 10.1 Å². The van der Waals surface area contributed by atoms with Gasteiger partial charge in [-0.2, -0.15) is 0 Å². The van der Waals surface area contributed by atoms with Gasteiger partial charge in [0.1, 0.15) is 17.8 Å². The first-order valence-electron chi connectivity index (χ1n) is 7.10. The van der Waals surface area contributed by atoms with Crippen molar-refractivity contribution in [3.63, 3.8) is 0 Å². The summed E-state index contributed by atoms with van der Waals surface area (Å²) in [4.78, 5) is 13.7. The van der Waals surface area contributed by atoms with Crippen LogP contribution in [-0.2, 0) is 9.53 Å². The fourth-order valence-electron chi connectivity index (χ4n) is 3.04. The van der Waals surface area contributed by atoms with Crippen molar-refractivity contribution in [3.8, 4) is 0 Å². The summed E-state index contributed by atoms with van der Waals surface area (Å²) in [7, 11) is 0. The second kappa shape index (κ2) is 5.35. The van der Waals surface area contributed by atoms with E-state index < -0.39 is 23.4 Å². The molecule has 1 N–H and O–H groups in total. The van der Waals surface area contributed by atoms with Crippen LogP contribution in [0.15, 0.2) is 18.2 Å². The van der Waals surface area contributed by atoms with Crippen molar-refractivity contribution in [2.24, 2.45) is 0 Å². The number of carbonyl (C=O) groups is 1. The fraction of sp³-hybridized carbons (Fsp3) is 0.533. The Bertz CT molecular complexity index is 559. The van der Waals surface area contributed by atoms with Crippen LogP contribution in [-0.4, -0.2) is 36.1 Å². The van der Waals surface area contributed by atoms with Crippen molar-refractivity contribution < 1.29 is 18.3 Å². The van der Waals surface area contributed by atoms with Gasteiger partial charge in [-0.25, -0.2) is 8.78 Å². The zero-order valence-electron chi connectivity index (χ0n) is 11.9. The number of nitrogens with one attached hydrogen (secondary N) is 1. The van der Waals surface area contributed by atoms with Gasteiger partial charge in [0, 0.05) is 18.2 Å². The van der Waals surface area contributed by atoms with Crippen molar-refractivity contribution in [1.29, 1.82) is 0 Å². The van der Waals surface area contributed by atoms with E-state index in [0.717, 1.165) is 18.9 Å². The molecule has 3 rings (SSSR count). The SMILES string of the molecule is CC1(CN2C(=O)CNC2c2ccc(F)cc2F)CCCO1. The number of carbonyl (C=O) groups excluding carboxylic acids is 1. The van der Waals surface area contributed by atoms with Crippen molar-refractivity contribution in [1.82, 2.24) is 10.2 Å². The smallest absolute Gasteiger partial charge is 0.238 e. The largest absolute Gasteiger partial charge is 0.373 e. The second-order valence-corrected chi connectivity index (χ2v) is 5.87. The van der Waals surface area contributed by atoms with E-state index in [1.807, 2.05) is 6.92 Å². The highest BCUT2D eigenvalue weighted by Crippen LogP contribution is 2.31. The van der Waals surface area contributed by atoms with Crippen LogP contribution in [0.5, 0.6) is 0 Å². The van der Waals surface area contributed by atoms with Gasteiger partial charge in [0.2, 0.25) is 5.91 Å². The molecule has 0 spiro atoms. The lowest BCUT2D eigenvalue weighted by Gasteiger charge is -2.33. The minimum atomic E-state index is -0.648. The molecule has 0 radical (unpaired) electrons. The van der Waals surface area contributed by atoms with Crippen LogP contribution in [0, 0.1) is 11.6 Å². The molecular formula is C15H18F2N2O2. The third-order valence-corrected chi connectivity index (χ3v) is 4.14. The lowest BCUT2D eigenvalue weighted by molar-refractivity contribution is -0.131. The quantitative estimate of drug-likeness (QED) is 0.927. The summed E-state index contributed by atoms with van der Waals surface area (Å²) < 4.78 is 32.7. The highest BCUT2D eigenvalue weighted by molar-refractivity contribution is 5.81. The molecule has 2 atom stereocenters. The summed E-state index contributed by atoms with van der Waals surface area (Å²) in [5.41, 5.74) is -0.111. The van der Waals surface area contributed by atoms with Crippen molar-refractivity contribution in [2.75, 3.05) is 19.7 Å². The van der Waals surface area contributed by atoms with Crippen LogP contribution in [0.1, 0.15) is 31.5 Å². The number of hydrogen-bond donors (Lipinski definition) is 1. The molecule has 1 aromatic rings. The molecule has 4 nitrogen and oxygen atoms in total. The molecule has 2 aliphatic rings. The van der Waals surface area contributed by atoms with E-state index in [9.17, 15) is 13.6 Å². The summed E-state index contributed by atoms with van der Waals surface area (Å²) in [6.45, 7) is 3.20. The van der Waals surface area contributed by atoms with Crippen molar-refractivity contribution in [3.05, 3.63) is 35.4 Å².